The minimum atomic E-state index is 0. The summed E-state index contributed by atoms with van der Waals surface area (Å²) < 4.78 is 7.44. The van der Waals surface area contributed by atoms with Crippen LogP contribution in [0, 0.1) is 0 Å². The molecule has 1 N–H and O–H groups in total. The van der Waals surface area contributed by atoms with E-state index in [-0.39, 0.29) is 18.3 Å². The van der Waals surface area contributed by atoms with Crippen molar-refractivity contribution >= 4 is 18.3 Å². The summed E-state index contributed by atoms with van der Waals surface area (Å²) in [5, 5.41) is 12.1. The molecule has 1 amide bonds. The van der Waals surface area contributed by atoms with Gasteiger partial charge >= 0.3 is 0 Å². The Balaban J connectivity index is 0.00000225. The van der Waals surface area contributed by atoms with Gasteiger partial charge in [-0.3, -0.25) is 4.79 Å². The summed E-state index contributed by atoms with van der Waals surface area (Å²) in [7, 11) is 1.66. The molecule has 0 radical (unpaired) electrons. The van der Waals surface area contributed by atoms with Gasteiger partial charge in [-0.1, -0.05) is 12.1 Å². The van der Waals surface area contributed by atoms with Crippen molar-refractivity contribution in [1.82, 2.24) is 25.0 Å². The summed E-state index contributed by atoms with van der Waals surface area (Å²) in [6.07, 6.45) is 3.27. The highest BCUT2D eigenvalue weighted by molar-refractivity contribution is 5.85. The van der Waals surface area contributed by atoms with Gasteiger partial charge < -0.3 is 19.5 Å². The molecule has 7 nitrogen and oxygen atoms in total. The predicted molar refractivity (Wildman–Crippen MR) is 109 cm³/mol. The summed E-state index contributed by atoms with van der Waals surface area (Å²) >= 11 is 0. The van der Waals surface area contributed by atoms with Gasteiger partial charge in [0.1, 0.15) is 17.4 Å². The Labute approximate surface area is 171 Å². The molecule has 1 saturated heterocycles. The van der Waals surface area contributed by atoms with Crippen LogP contribution in [0.15, 0.2) is 24.3 Å². The number of fused-ring (bicyclic) bond motifs is 1. The van der Waals surface area contributed by atoms with Crippen molar-refractivity contribution in [2.45, 2.75) is 44.7 Å². The monoisotopic (exact) mass is 405 g/mol. The Morgan fingerprint density at radius 2 is 1.93 bits per heavy atom. The normalized spacial score (nSPS) is 17.0. The molecule has 1 aromatic carbocycles. The molecule has 152 valence electrons. The molecule has 4 rings (SSSR count). The lowest BCUT2D eigenvalue weighted by Crippen LogP contribution is -2.39. The summed E-state index contributed by atoms with van der Waals surface area (Å²) in [5.41, 5.74) is 1.17. The van der Waals surface area contributed by atoms with E-state index < -0.39 is 0 Å². The van der Waals surface area contributed by atoms with Gasteiger partial charge in [-0.2, -0.15) is 0 Å². The van der Waals surface area contributed by atoms with Crippen LogP contribution in [0.3, 0.4) is 0 Å². The maximum absolute atomic E-state index is 12.6. The number of nitrogens with zero attached hydrogens (tertiary/aromatic N) is 4. The SMILES string of the molecule is COc1ccc(CCC(=O)N2CCC(c3nnc4n3CCNC4)CC2)cc1.Cl. The van der Waals surface area contributed by atoms with Gasteiger partial charge in [0.25, 0.3) is 0 Å². The third-order valence-electron chi connectivity index (χ3n) is 5.65. The fourth-order valence-electron chi connectivity index (χ4n) is 4.01. The van der Waals surface area contributed by atoms with E-state index in [1.54, 1.807) is 7.11 Å². The number of carbonyl (C=O) groups is 1. The highest BCUT2D eigenvalue weighted by Crippen LogP contribution is 2.28. The number of rotatable bonds is 5. The number of nitrogens with one attached hydrogen (secondary N) is 1. The fourth-order valence-corrected chi connectivity index (χ4v) is 4.01. The molecule has 0 spiro atoms. The van der Waals surface area contributed by atoms with Crippen molar-refractivity contribution < 1.29 is 9.53 Å². The Morgan fingerprint density at radius 1 is 1.18 bits per heavy atom. The van der Waals surface area contributed by atoms with Crippen LogP contribution in [0.5, 0.6) is 5.75 Å². The van der Waals surface area contributed by atoms with Gasteiger partial charge in [0.15, 0.2) is 0 Å². The van der Waals surface area contributed by atoms with E-state index in [0.717, 1.165) is 69.4 Å². The molecule has 0 atom stereocenters. The molecule has 2 aromatic rings. The summed E-state index contributed by atoms with van der Waals surface area (Å²) in [4.78, 5) is 14.6. The first-order valence-electron chi connectivity index (χ1n) is 9.78. The van der Waals surface area contributed by atoms with Crippen molar-refractivity contribution in [3.05, 3.63) is 41.5 Å². The number of aromatic nitrogens is 3. The molecule has 2 aliphatic rings. The average Bonchev–Trinajstić information content (AvgIpc) is 3.16. The first-order chi connectivity index (χ1) is 13.2. The maximum Gasteiger partial charge on any atom is 0.222 e. The van der Waals surface area contributed by atoms with E-state index in [1.165, 1.54) is 5.56 Å². The summed E-state index contributed by atoms with van der Waals surface area (Å²) in [6, 6.07) is 7.95. The number of piperidine rings is 1. The van der Waals surface area contributed by atoms with E-state index in [4.69, 9.17) is 4.74 Å². The number of ether oxygens (including phenoxy) is 1. The minimum absolute atomic E-state index is 0. The number of aryl methyl sites for hydroxylation is 1. The second-order valence-corrected chi connectivity index (χ2v) is 7.31. The second-order valence-electron chi connectivity index (χ2n) is 7.31. The number of halogens is 1. The van der Waals surface area contributed by atoms with Crippen LogP contribution in [-0.4, -0.2) is 52.3 Å². The highest BCUT2D eigenvalue weighted by Gasteiger charge is 2.28. The van der Waals surface area contributed by atoms with E-state index in [0.29, 0.717) is 12.3 Å². The number of carbonyl (C=O) groups excluding carboxylic acids is 1. The van der Waals surface area contributed by atoms with E-state index in [9.17, 15) is 4.79 Å². The lowest BCUT2D eigenvalue weighted by molar-refractivity contribution is -0.132. The Bertz CT molecular complexity index is 784. The number of benzene rings is 1. The van der Waals surface area contributed by atoms with E-state index in [1.807, 2.05) is 29.2 Å². The molecule has 1 aromatic heterocycles. The first kappa shape index (κ1) is 20.6. The Morgan fingerprint density at radius 3 is 2.64 bits per heavy atom. The minimum Gasteiger partial charge on any atom is -0.497 e. The van der Waals surface area contributed by atoms with Gasteiger partial charge in [-0.15, -0.1) is 22.6 Å². The van der Waals surface area contributed by atoms with Crippen LogP contribution in [0.2, 0.25) is 0 Å². The van der Waals surface area contributed by atoms with Crippen molar-refractivity contribution in [2.75, 3.05) is 26.7 Å². The molecule has 0 bridgehead atoms. The molecule has 3 heterocycles. The van der Waals surface area contributed by atoms with Gasteiger partial charge in [0.05, 0.1) is 13.7 Å². The zero-order chi connectivity index (χ0) is 18.6. The highest BCUT2D eigenvalue weighted by atomic mass is 35.5. The third-order valence-corrected chi connectivity index (χ3v) is 5.65. The fraction of sp³-hybridized carbons (Fsp3) is 0.550. The number of amides is 1. The number of likely N-dealkylation sites (tertiary alicyclic amines) is 1. The molecule has 28 heavy (non-hydrogen) atoms. The van der Waals surface area contributed by atoms with Gasteiger partial charge in [-0.25, -0.2) is 0 Å². The van der Waals surface area contributed by atoms with Crippen LogP contribution >= 0.6 is 12.4 Å². The van der Waals surface area contributed by atoms with Crippen molar-refractivity contribution in [1.29, 1.82) is 0 Å². The molecular formula is C20H28ClN5O2. The molecule has 8 heteroatoms. The second kappa shape index (κ2) is 9.39. The first-order valence-corrected chi connectivity index (χ1v) is 9.78. The molecule has 0 aliphatic carbocycles. The molecular weight excluding hydrogens is 378 g/mol. The predicted octanol–water partition coefficient (Wildman–Crippen LogP) is 2.15. The zero-order valence-electron chi connectivity index (χ0n) is 16.3. The smallest absolute Gasteiger partial charge is 0.222 e. The largest absolute Gasteiger partial charge is 0.497 e. The molecule has 0 saturated carbocycles. The van der Waals surface area contributed by atoms with Crippen molar-refractivity contribution in [3.63, 3.8) is 0 Å². The lowest BCUT2D eigenvalue weighted by Gasteiger charge is -2.32. The molecule has 1 fully saturated rings. The van der Waals surface area contributed by atoms with Crippen LogP contribution in [0.25, 0.3) is 0 Å². The van der Waals surface area contributed by atoms with Gasteiger partial charge in [-0.05, 0) is 37.0 Å². The Kier molecular flexibility index (Phi) is 6.91. The standard InChI is InChI=1S/C20H27N5O2.ClH/c1-27-17-5-2-15(3-6-17)4-7-19(26)24-11-8-16(9-12-24)20-23-22-18-14-21-10-13-25(18)20;/h2-3,5-6,16,21H,4,7-14H2,1H3;1H. The van der Waals surface area contributed by atoms with E-state index >= 15 is 0 Å². The van der Waals surface area contributed by atoms with E-state index in [2.05, 4.69) is 20.1 Å². The van der Waals surface area contributed by atoms with Crippen molar-refractivity contribution in [2.24, 2.45) is 0 Å². The van der Waals surface area contributed by atoms with Crippen LogP contribution in [0.4, 0.5) is 0 Å². The van der Waals surface area contributed by atoms with Gasteiger partial charge in [0, 0.05) is 38.5 Å². The zero-order valence-corrected chi connectivity index (χ0v) is 17.1. The summed E-state index contributed by atoms with van der Waals surface area (Å²) in [6.45, 7) is 4.34. The maximum atomic E-state index is 12.6. The van der Waals surface area contributed by atoms with Crippen molar-refractivity contribution in [3.8, 4) is 5.75 Å². The summed E-state index contributed by atoms with van der Waals surface area (Å²) in [5.74, 6) is 3.65. The molecule has 0 unspecified atom stereocenters. The average molecular weight is 406 g/mol. The van der Waals surface area contributed by atoms with Crippen LogP contribution in [0.1, 0.15) is 42.4 Å². The van der Waals surface area contributed by atoms with Crippen LogP contribution in [-0.2, 0) is 24.3 Å². The number of hydrogen-bond acceptors (Lipinski definition) is 5. The van der Waals surface area contributed by atoms with Crippen LogP contribution < -0.4 is 10.1 Å². The topological polar surface area (TPSA) is 72.3 Å². The third kappa shape index (κ3) is 4.47. The lowest BCUT2D eigenvalue weighted by atomic mass is 9.95. The van der Waals surface area contributed by atoms with Gasteiger partial charge in [0.2, 0.25) is 5.91 Å². The quantitative estimate of drug-likeness (QED) is 0.825. The molecule has 2 aliphatic heterocycles. The number of methoxy groups -OCH3 is 1. The Hall–Kier alpha value is -2.12. The number of hydrogen-bond donors (Lipinski definition) is 1.